The van der Waals surface area contributed by atoms with Crippen LogP contribution in [0.5, 0.6) is 5.75 Å². The van der Waals surface area contributed by atoms with Crippen molar-refractivity contribution in [2.75, 3.05) is 5.32 Å². The standard InChI is InChI=1S/C22H23N3O2.CH2O2/c1-15(2)25-14-23-12-21(25)19-11-22(26)24-20-10-17(8-9-18(19)20)27-13-16-6-4-3-5-7-16;2-1-3/h3-10,12,14-15,19H,11,13H2,1-2H3,(H,24,26);1H,(H,2,3). The van der Waals surface area contributed by atoms with Gasteiger partial charge in [-0.05, 0) is 31.0 Å². The second-order valence-corrected chi connectivity index (χ2v) is 7.25. The summed E-state index contributed by atoms with van der Waals surface area (Å²) < 4.78 is 8.04. The van der Waals surface area contributed by atoms with Crippen LogP contribution in [0.1, 0.15) is 49.0 Å². The lowest BCUT2D eigenvalue weighted by Crippen LogP contribution is -2.25. The summed E-state index contributed by atoms with van der Waals surface area (Å²) in [6.07, 6.45) is 4.13. The average molecular weight is 407 g/mol. The van der Waals surface area contributed by atoms with Gasteiger partial charge < -0.3 is 19.7 Å². The van der Waals surface area contributed by atoms with Gasteiger partial charge in [-0.3, -0.25) is 9.59 Å². The van der Waals surface area contributed by atoms with Crippen molar-refractivity contribution in [1.29, 1.82) is 0 Å². The molecule has 3 aromatic rings. The molecule has 0 bridgehead atoms. The summed E-state index contributed by atoms with van der Waals surface area (Å²) in [5.41, 5.74) is 4.10. The van der Waals surface area contributed by atoms with Crippen LogP contribution in [-0.4, -0.2) is 27.0 Å². The summed E-state index contributed by atoms with van der Waals surface area (Å²) >= 11 is 0. The van der Waals surface area contributed by atoms with Crippen molar-refractivity contribution in [3.8, 4) is 5.75 Å². The van der Waals surface area contributed by atoms with E-state index >= 15 is 0 Å². The predicted octanol–water partition coefficient (Wildman–Crippen LogP) is 4.22. The number of carbonyl (C=O) groups is 2. The molecule has 1 aliphatic rings. The number of amides is 1. The zero-order chi connectivity index (χ0) is 21.5. The van der Waals surface area contributed by atoms with Gasteiger partial charge in [0.1, 0.15) is 12.4 Å². The molecule has 2 N–H and O–H groups in total. The molecule has 1 aromatic heterocycles. The largest absolute Gasteiger partial charge is 0.489 e. The van der Waals surface area contributed by atoms with Crippen molar-refractivity contribution in [2.24, 2.45) is 0 Å². The zero-order valence-corrected chi connectivity index (χ0v) is 17.0. The monoisotopic (exact) mass is 407 g/mol. The van der Waals surface area contributed by atoms with Crippen LogP contribution in [0.4, 0.5) is 5.69 Å². The number of anilines is 1. The molecule has 0 spiro atoms. The number of hydrogen-bond donors (Lipinski definition) is 2. The molecule has 1 aliphatic heterocycles. The number of nitrogens with one attached hydrogen (secondary N) is 1. The van der Waals surface area contributed by atoms with Crippen LogP contribution in [0.3, 0.4) is 0 Å². The van der Waals surface area contributed by atoms with E-state index in [1.54, 1.807) is 0 Å². The molecule has 7 heteroatoms. The molecule has 1 atom stereocenters. The molecule has 156 valence electrons. The minimum absolute atomic E-state index is 0.00169. The second-order valence-electron chi connectivity index (χ2n) is 7.25. The Hall–Kier alpha value is -3.61. The van der Waals surface area contributed by atoms with E-state index in [-0.39, 0.29) is 18.3 Å². The van der Waals surface area contributed by atoms with E-state index in [9.17, 15) is 4.79 Å². The van der Waals surface area contributed by atoms with Crippen molar-refractivity contribution < 1.29 is 19.4 Å². The van der Waals surface area contributed by atoms with E-state index in [0.717, 1.165) is 28.3 Å². The number of carboxylic acid groups (broad SMARTS) is 1. The summed E-state index contributed by atoms with van der Waals surface area (Å²) in [5.74, 6) is 0.766. The summed E-state index contributed by atoms with van der Waals surface area (Å²) in [6, 6.07) is 16.3. The molecule has 1 amide bonds. The van der Waals surface area contributed by atoms with Gasteiger partial charge in [0.05, 0.1) is 6.33 Å². The topological polar surface area (TPSA) is 93.5 Å². The summed E-state index contributed by atoms with van der Waals surface area (Å²) in [5, 5.41) is 9.88. The number of imidazole rings is 1. The molecule has 0 saturated heterocycles. The first-order valence-corrected chi connectivity index (χ1v) is 9.73. The van der Waals surface area contributed by atoms with Gasteiger partial charge in [-0.15, -0.1) is 0 Å². The van der Waals surface area contributed by atoms with Crippen LogP contribution in [0, 0.1) is 0 Å². The lowest BCUT2D eigenvalue weighted by molar-refractivity contribution is -0.123. The number of fused-ring (bicyclic) bond motifs is 1. The Morgan fingerprint density at radius 1 is 1.27 bits per heavy atom. The fourth-order valence-corrected chi connectivity index (χ4v) is 3.55. The number of ether oxygens (including phenoxy) is 1. The van der Waals surface area contributed by atoms with Crippen molar-refractivity contribution in [3.63, 3.8) is 0 Å². The first kappa shape index (κ1) is 21.1. The van der Waals surface area contributed by atoms with Crippen LogP contribution in [0.15, 0.2) is 61.1 Å². The Kier molecular flexibility index (Phi) is 6.85. The van der Waals surface area contributed by atoms with Crippen molar-refractivity contribution >= 4 is 18.1 Å². The molecule has 2 aromatic carbocycles. The maximum absolute atomic E-state index is 12.3. The highest BCUT2D eigenvalue weighted by Gasteiger charge is 2.29. The van der Waals surface area contributed by atoms with Gasteiger partial charge in [-0.25, -0.2) is 4.98 Å². The predicted molar refractivity (Wildman–Crippen MR) is 114 cm³/mol. The Labute approximate surface area is 175 Å². The number of benzene rings is 2. The highest BCUT2D eigenvalue weighted by Crippen LogP contribution is 2.39. The average Bonchev–Trinajstić information content (AvgIpc) is 3.23. The molecule has 0 saturated carbocycles. The van der Waals surface area contributed by atoms with E-state index in [1.165, 1.54) is 0 Å². The normalized spacial score (nSPS) is 14.9. The number of aromatic nitrogens is 2. The third-order valence-corrected chi connectivity index (χ3v) is 4.92. The van der Waals surface area contributed by atoms with Crippen molar-refractivity contribution in [2.45, 2.75) is 38.8 Å². The number of carbonyl (C=O) groups excluding carboxylic acids is 1. The molecule has 2 heterocycles. The Bertz CT molecular complexity index is 999. The van der Waals surface area contributed by atoms with Crippen LogP contribution in [0.25, 0.3) is 0 Å². The van der Waals surface area contributed by atoms with Crippen LogP contribution in [0.2, 0.25) is 0 Å². The van der Waals surface area contributed by atoms with Gasteiger partial charge in [0.15, 0.2) is 0 Å². The molecular formula is C23H25N3O4. The Balaban J connectivity index is 0.000000806. The maximum Gasteiger partial charge on any atom is 0.290 e. The smallest absolute Gasteiger partial charge is 0.290 e. The first-order chi connectivity index (χ1) is 14.5. The molecule has 30 heavy (non-hydrogen) atoms. The molecule has 0 aliphatic carbocycles. The summed E-state index contributed by atoms with van der Waals surface area (Å²) in [4.78, 5) is 25.0. The van der Waals surface area contributed by atoms with E-state index in [4.69, 9.17) is 14.6 Å². The molecular weight excluding hydrogens is 382 g/mol. The minimum atomic E-state index is -0.250. The number of nitrogens with zero attached hydrogens (tertiary/aromatic N) is 2. The van der Waals surface area contributed by atoms with E-state index < -0.39 is 0 Å². The number of rotatable bonds is 5. The molecule has 7 nitrogen and oxygen atoms in total. The third kappa shape index (κ3) is 4.86. The quantitative estimate of drug-likeness (QED) is 0.618. The van der Waals surface area contributed by atoms with Gasteiger partial charge >= 0.3 is 0 Å². The van der Waals surface area contributed by atoms with Gasteiger partial charge in [-0.1, -0.05) is 36.4 Å². The molecule has 0 radical (unpaired) electrons. The van der Waals surface area contributed by atoms with Crippen molar-refractivity contribution in [1.82, 2.24) is 9.55 Å². The van der Waals surface area contributed by atoms with Crippen LogP contribution < -0.4 is 10.1 Å². The van der Waals surface area contributed by atoms with Crippen LogP contribution in [-0.2, 0) is 16.2 Å². The molecule has 0 fully saturated rings. The zero-order valence-electron chi connectivity index (χ0n) is 17.0. The highest BCUT2D eigenvalue weighted by atomic mass is 16.5. The summed E-state index contributed by atoms with van der Waals surface area (Å²) in [7, 11) is 0. The maximum atomic E-state index is 12.3. The lowest BCUT2D eigenvalue weighted by Gasteiger charge is -2.27. The first-order valence-electron chi connectivity index (χ1n) is 9.73. The fraction of sp³-hybridized carbons (Fsp3) is 0.261. The number of hydrogen-bond acceptors (Lipinski definition) is 4. The molecule has 4 rings (SSSR count). The second kappa shape index (κ2) is 9.73. The fourth-order valence-electron chi connectivity index (χ4n) is 3.55. The highest BCUT2D eigenvalue weighted by molar-refractivity contribution is 5.95. The Morgan fingerprint density at radius 2 is 2.00 bits per heavy atom. The van der Waals surface area contributed by atoms with E-state index in [0.29, 0.717) is 19.1 Å². The minimum Gasteiger partial charge on any atom is -0.489 e. The van der Waals surface area contributed by atoms with Gasteiger partial charge in [0.25, 0.3) is 6.47 Å². The Morgan fingerprint density at radius 3 is 2.70 bits per heavy atom. The lowest BCUT2D eigenvalue weighted by atomic mass is 9.88. The SMILES string of the molecule is CC(C)n1cncc1C1CC(=O)Nc2cc(OCc3ccccc3)ccc21.O=CO. The van der Waals surface area contributed by atoms with Gasteiger partial charge in [0.2, 0.25) is 5.91 Å². The molecule has 1 unspecified atom stereocenters. The third-order valence-electron chi connectivity index (χ3n) is 4.92. The summed E-state index contributed by atoms with van der Waals surface area (Å²) in [6.45, 7) is 4.49. The van der Waals surface area contributed by atoms with E-state index in [1.807, 2.05) is 55.0 Å². The van der Waals surface area contributed by atoms with Crippen molar-refractivity contribution in [3.05, 3.63) is 77.9 Å². The van der Waals surface area contributed by atoms with Gasteiger partial charge in [0, 0.05) is 42.0 Å². The van der Waals surface area contributed by atoms with Crippen LogP contribution >= 0.6 is 0 Å². The van der Waals surface area contributed by atoms with E-state index in [2.05, 4.69) is 34.8 Å². The van der Waals surface area contributed by atoms with Gasteiger partial charge in [-0.2, -0.15) is 0 Å².